The fourth-order valence-corrected chi connectivity index (χ4v) is 2.08. The molecule has 0 saturated carbocycles. The van der Waals surface area contributed by atoms with Crippen LogP contribution >= 0.6 is 11.3 Å². The van der Waals surface area contributed by atoms with Crippen LogP contribution in [0.2, 0.25) is 0 Å². The molecule has 1 unspecified atom stereocenters. The van der Waals surface area contributed by atoms with Crippen molar-refractivity contribution in [2.24, 2.45) is 11.7 Å². The number of thiophene rings is 1. The first-order valence-electron chi connectivity index (χ1n) is 5.16. The summed E-state index contributed by atoms with van der Waals surface area (Å²) in [6, 6.07) is 1.90. The minimum Gasteiger partial charge on any atom is -0.348 e. The summed E-state index contributed by atoms with van der Waals surface area (Å²) in [6.07, 6.45) is 0.923. The molecule has 1 atom stereocenters. The van der Waals surface area contributed by atoms with E-state index in [0.717, 1.165) is 12.0 Å². The van der Waals surface area contributed by atoms with Crippen LogP contribution in [0.3, 0.4) is 0 Å². The molecule has 15 heavy (non-hydrogen) atoms. The van der Waals surface area contributed by atoms with Crippen LogP contribution in [-0.4, -0.2) is 18.5 Å². The number of nitrogens with one attached hydrogen (secondary N) is 1. The second kappa shape index (κ2) is 5.88. The Bertz CT molecular complexity index is 296. The number of nitrogens with two attached hydrogens (primary N) is 1. The Morgan fingerprint density at radius 1 is 1.60 bits per heavy atom. The molecule has 0 spiro atoms. The van der Waals surface area contributed by atoms with Gasteiger partial charge in [0.2, 0.25) is 0 Å². The van der Waals surface area contributed by atoms with Gasteiger partial charge in [-0.15, -0.1) is 0 Å². The Hall–Kier alpha value is -0.870. The van der Waals surface area contributed by atoms with Crippen LogP contribution in [0.4, 0.5) is 0 Å². The van der Waals surface area contributed by atoms with E-state index in [1.54, 1.807) is 0 Å². The Morgan fingerprint density at radius 2 is 2.33 bits per heavy atom. The van der Waals surface area contributed by atoms with Crippen LogP contribution in [0.15, 0.2) is 16.8 Å². The van der Waals surface area contributed by atoms with Crippen molar-refractivity contribution >= 4 is 17.2 Å². The number of amides is 1. The first kappa shape index (κ1) is 12.2. The van der Waals surface area contributed by atoms with Gasteiger partial charge in [-0.3, -0.25) is 4.79 Å². The van der Waals surface area contributed by atoms with E-state index in [1.165, 1.54) is 11.3 Å². The topological polar surface area (TPSA) is 55.1 Å². The molecule has 3 N–H and O–H groups in total. The molecule has 0 bridgehead atoms. The Kier molecular flexibility index (Phi) is 4.78. The molecule has 3 nitrogen and oxygen atoms in total. The van der Waals surface area contributed by atoms with Crippen molar-refractivity contribution in [3.8, 4) is 0 Å². The lowest BCUT2D eigenvalue weighted by Crippen LogP contribution is -2.40. The lowest BCUT2D eigenvalue weighted by molar-refractivity contribution is 0.0934. The van der Waals surface area contributed by atoms with Crippen molar-refractivity contribution in [1.82, 2.24) is 5.32 Å². The van der Waals surface area contributed by atoms with Gasteiger partial charge in [0.1, 0.15) is 0 Å². The van der Waals surface area contributed by atoms with Gasteiger partial charge in [0.05, 0.1) is 0 Å². The molecular weight excluding hydrogens is 208 g/mol. The highest BCUT2D eigenvalue weighted by Crippen LogP contribution is 2.08. The summed E-state index contributed by atoms with van der Waals surface area (Å²) in [5.74, 6) is 0.522. The maximum atomic E-state index is 11.7. The predicted octanol–water partition coefficient (Wildman–Crippen LogP) is 1.85. The Morgan fingerprint density at radius 3 is 2.80 bits per heavy atom. The third-order valence-corrected chi connectivity index (χ3v) is 2.84. The smallest absolute Gasteiger partial charge is 0.252 e. The monoisotopic (exact) mass is 226 g/mol. The zero-order chi connectivity index (χ0) is 11.3. The van der Waals surface area contributed by atoms with Gasteiger partial charge >= 0.3 is 0 Å². The molecule has 84 valence electrons. The second-order valence-corrected chi connectivity index (χ2v) is 4.83. The molecule has 4 heteroatoms. The van der Waals surface area contributed by atoms with E-state index in [9.17, 15) is 4.79 Å². The molecule has 1 amide bonds. The van der Waals surface area contributed by atoms with Crippen molar-refractivity contribution in [3.63, 3.8) is 0 Å². The molecule has 1 aromatic heterocycles. The van der Waals surface area contributed by atoms with Crippen molar-refractivity contribution in [2.75, 3.05) is 6.54 Å². The highest BCUT2D eigenvalue weighted by Gasteiger charge is 2.13. The molecule has 0 aromatic carbocycles. The maximum Gasteiger partial charge on any atom is 0.252 e. The number of hydrogen-bond donors (Lipinski definition) is 2. The predicted molar refractivity (Wildman–Crippen MR) is 64.1 cm³/mol. The van der Waals surface area contributed by atoms with Crippen molar-refractivity contribution in [1.29, 1.82) is 0 Å². The number of carbonyl (C=O) groups is 1. The first-order chi connectivity index (χ1) is 7.13. The maximum absolute atomic E-state index is 11.7. The fourth-order valence-electron chi connectivity index (χ4n) is 1.45. The molecule has 0 radical (unpaired) electrons. The third-order valence-electron chi connectivity index (χ3n) is 2.16. The van der Waals surface area contributed by atoms with Gasteiger partial charge in [-0.05, 0) is 23.8 Å². The van der Waals surface area contributed by atoms with Gasteiger partial charge in [-0.1, -0.05) is 13.8 Å². The van der Waals surface area contributed by atoms with Crippen molar-refractivity contribution in [2.45, 2.75) is 26.3 Å². The quantitative estimate of drug-likeness (QED) is 0.805. The van der Waals surface area contributed by atoms with Crippen LogP contribution in [0, 0.1) is 5.92 Å². The van der Waals surface area contributed by atoms with E-state index in [1.807, 2.05) is 16.8 Å². The Balaban J connectivity index is 2.48. The summed E-state index contributed by atoms with van der Waals surface area (Å²) >= 11 is 1.52. The van der Waals surface area contributed by atoms with E-state index in [2.05, 4.69) is 19.2 Å². The molecule has 1 rings (SSSR count). The molecule has 0 aliphatic rings. The standard InChI is InChI=1S/C11H18N2OS/c1-8(2)5-10(6-12)13-11(14)9-3-4-15-7-9/h3-4,7-8,10H,5-6,12H2,1-2H3,(H,13,14). The summed E-state index contributed by atoms with van der Waals surface area (Å²) < 4.78 is 0. The van der Waals surface area contributed by atoms with Crippen LogP contribution in [-0.2, 0) is 0 Å². The van der Waals surface area contributed by atoms with Gasteiger partial charge in [-0.25, -0.2) is 0 Å². The van der Waals surface area contributed by atoms with Gasteiger partial charge in [0.15, 0.2) is 0 Å². The van der Waals surface area contributed by atoms with Crippen LogP contribution in [0.25, 0.3) is 0 Å². The molecule has 0 aliphatic heterocycles. The molecular formula is C11H18N2OS. The largest absolute Gasteiger partial charge is 0.348 e. The third kappa shape index (κ3) is 4.01. The van der Waals surface area contributed by atoms with Crippen LogP contribution < -0.4 is 11.1 Å². The summed E-state index contributed by atoms with van der Waals surface area (Å²) in [5, 5.41) is 6.69. The zero-order valence-electron chi connectivity index (χ0n) is 9.19. The molecule has 0 saturated heterocycles. The number of hydrogen-bond acceptors (Lipinski definition) is 3. The molecule has 1 aromatic rings. The SMILES string of the molecule is CC(C)CC(CN)NC(=O)c1ccsc1. The summed E-state index contributed by atoms with van der Waals surface area (Å²) in [4.78, 5) is 11.7. The summed E-state index contributed by atoms with van der Waals surface area (Å²) in [7, 11) is 0. The minimum atomic E-state index is -0.0210. The highest BCUT2D eigenvalue weighted by molar-refractivity contribution is 7.08. The lowest BCUT2D eigenvalue weighted by atomic mass is 10.0. The normalized spacial score (nSPS) is 12.8. The van der Waals surface area contributed by atoms with Gasteiger partial charge in [0, 0.05) is 23.5 Å². The van der Waals surface area contributed by atoms with E-state index in [4.69, 9.17) is 5.73 Å². The second-order valence-electron chi connectivity index (χ2n) is 4.05. The fraction of sp³-hybridized carbons (Fsp3) is 0.545. The number of rotatable bonds is 5. The summed E-state index contributed by atoms with van der Waals surface area (Å²) in [5.41, 5.74) is 6.33. The zero-order valence-corrected chi connectivity index (χ0v) is 10.0. The van der Waals surface area contributed by atoms with Crippen molar-refractivity contribution < 1.29 is 4.79 Å². The Labute approximate surface area is 94.7 Å². The van der Waals surface area contributed by atoms with Gasteiger partial charge in [-0.2, -0.15) is 11.3 Å². The molecule has 1 heterocycles. The minimum absolute atomic E-state index is 0.0210. The molecule has 0 fully saturated rings. The number of carbonyl (C=O) groups excluding carboxylic acids is 1. The average molecular weight is 226 g/mol. The molecule has 0 aliphatic carbocycles. The van der Waals surface area contributed by atoms with Crippen LogP contribution in [0.1, 0.15) is 30.6 Å². The average Bonchev–Trinajstić information content (AvgIpc) is 2.68. The van der Waals surface area contributed by atoms with Gasteiger partial charge in [0.25, 0.3) is 5.91 Å². The van der Waals surface area contributed by atoms with E-state index >= 15 is 0 Å². The van der Waals surface area contributed by atoms with Crippen molar-refractivity contribution in [3.05, 3.63) is 22.4 Å². The van der Waals surface area contributed by atoms with E-state index in [0.29, 0.717) is 12.5 Å². The highest BCUT2D eigenvalue weighted by atomic mass is 32.1. The van der Waals surface area contributed by atoms with E-state index in [-0.39, 0.29) is 11.9 Å². The van der Waals surface area contributed by atoms with Crippen LogP contribution in [0.5, 0.6) is 0 Å². The van der Waals surface area contributed by atoms with E-state index < -0.39 is 0 Å². The summed E-state index contributed by atoms with van der Waals surface area (Å²) in [6.45, 7) is 4.74. The lowest BCUT2D eigenvalue weighted by Gasteiger charge is -2.18. The first-order valence-corrected chi connectivity index (χ1v) is 6.11. The van der Waals surface area contributed by atoms with Gasteiger partial charge < -0.3 is 11.1 Å².